The first kappa shape index (κ1) is 9.45. The van der Waals surface area contributed by atoms with Crippen LogP contribution in [0, 0.1) is 6.92 Å². The van der Waals surface area contributed by atoms with Gasteiger partial charge >= 0.3 is 0 Å². The van der Waals surface area contributed by atoms with E-state index < -0.39 is 0 Å². The van der Waals surface area contributed by atoms with E-state index in [0.717, 1.165) is 5.56 Å². The van der Waals surface area contributed by atoms with Crippen LogP contribution in [-0.4, -0.2) is 9.97 Å². The lowest BCUT2D eigenvalue weighted by Gasteiger charge is -2.02. The van der Waals surface area contributed by atoms with E-state index in [1.54, 1.807) is 19.1 Å². The van der Waals surface area contributed by atoms with Crippen molar-refractivity contribution in [3.63, 3.8) is 0 Å². The predicted octanol–water partition coefficient (Wildman–Crippen LogP) is 1.33. The number of hydrogen-bond acceptors (Lipinski definition) is 3. The Balaban J connectivity index is 2.59. The molecule has 0 bridgehead atoms. The van der Waals surface area contributed by atoms with Gasteiger partial charge in [0.15, 0.2) is 0 Å². The molecule has 0 aliphatic heterocycles. The second-order valence-corrected chi connectivity index (χ2v) is 3.34. The van der Waals surface area contributed by atoms with Gasteiger partial charge in [-0.2, -0.15) is 0 Å². The zero-order chi connectivity index (χ0) is 10.8. The normalized spacial score (nSPS) is 10.2. The third kappa shape index (κ3) is 2.04. The number of nitrogens with one attached hydrogen (secondary N) is 1. The van der Waals surface area contributed by atoms with Crippen LogP contribution in [0.1, 0.15) is 5.82 Å². The van der Waals surface area contributed by atoms with Gasteiger partial charge in [-0.25, -0.2) is 4.98 Å². The van der Waals surface area contributed by atoms with Gasteiger partial charge in [-0.15, -0.1) is 0 Å². The molecule has 0 saturated carbocycles. The zero-order valence-electron chi connectivity index (χ0n) is 8.32. The highest BCUT2D eigenvalue weighted by Gasteiger charge is 2.01. The largest absolute Gasteiger partial charge is 0.399 e. The predicted molar refractivity (Wildman–Crippen MR) is 59.4 cm³/mol. The SMILES string of the molecule is Cc1nc(-c2cccc(N)c2)cc(=O)[nH]1. The van der Waals surface area contributed by atoms with E-state index in [1.807, 2.05) is 12.1 Å². The van der Waals surface area contributed by atoms with Gasteiger partial charge in [0.25, 0.3) is 5.56 Å². The molecule has 0 atom stereocenters. The van der Waals surface area contributed by atoms with Gasteiger partial charge in [0, 0.05) is 17.3 Å². The second-order valence-electron chi connectivity index (χ2n) is 3.34. The van der Waals surface area contributed by atoms with Crippen LogP contribution >= 0.6 is 0 Å². The first-order valence-corrected chi connectivity index (χ1v) is 4.59. The fourth-order valence-electron chi connectivity index (χ4n) is 1.43. The van der Waals surface area contributed by atoms with Crippen LogP contribution < -0.4 is 11.3 Å². The third-order valence-electron chi connectivity index (χ3n) is 2.04. The Morgan fingerprint density at radius 3 is 2.80 bits per heavy atom. The highest BCUT2D eigenvalue weighted by Crippen LogP contribution is 2.17. The molecule has 2 rings (SSSR count). The van der Waals surface area contributed by atoms with Gasteiger partial charge in [-0.1, -0.05) is 12.1 Å². The Hall–Kier alpha value is -2.10. The summed E-state index contributed by atoms with van der Waals surface area (Å²) in [4.78, 5) is 18.1. The Kier molecular flexibility index (Phi) is 2.25. The molecule has 0 radical (unpaired) electrons. The maximum atomic E-state index is 11.2. The summed E-state index contributed by atoms with van der Waals surface area (Å²) in [5.74, 6) is 0.597. The topological polar surface area (TPSA) is 71.8 Å². The van der Waals surface area contributed by atoms with Gasteiger partial charge in [0.2, 0.25) is 0 Å². The van der Waals surface area contributed by atoms with E-state index in [2.05, 4.69) is 9.97 Å². The number of aromatic nitrogens is 2. The summed E-state index contributed by atoms with van der Waals surface area (Å²) in [5, 5.41) is 0. The molecule has 0 aliphatic rings. The molecule has 4 nitrogen and oxygen atoms in total. The Labute approximate surface area is 86.8 Å². The maximum Gasteiger partial charge on any atom is 0.251 e. The molecule has 2 aromatic rings. The van der Waals surface area contributed by atoms with E-state index in [1.165, 1.54) is 6.07 Å². The van der Waals surface area contributed by atoms with Crippen molar-refractivity contribution in [1.29, 1.82) is 0 Å². The third-order valence-corrected chi connectivity index (χ3v) is 2.04. The van der Waals surface area contributed by atoms with Crippen molar-refractivity contribution >= 4 is 5.69 Å². The summed E-state index contributed by atoms with van der Waals surface area (Å²) < 4.78 is 0. The molecule has 76 valence electrons. The van der Waals surface area contributed by atoms with Crippen molar-refractivity contribution in [2.24, 2.45) is 0 Å². The average molecular weight is 201 g/mol. The van der Waals surface area contributed by atoms with Crippen LogP contribution in [-0.2, 0) is 0 Å². The van der Waals surface area contributed by atoms with E-state index in [9.17, 15) is 4.79 Å². The molecule has 0 saturated heterocycles. The van der Waals surface area contributed by atoms with Gasteiger partial charge in [0.1, 0.15) is 5.82 Å². The minimum Gasteiger partial charge on any atom is -0.399 e. The highest BCUT2D eigenvalue weighted by molar-refractivity contribution is 5.63. The Morgan fingerprint density at radius 2 is 2.13 bits per heavy atom. The van der Waals surface area contributed by atoms with Crippen molar-refractivity contribution in [2.45, 2.75) is 6.92 Å². The Morgan fingerprint density at radius 1 is 1.33 bits per heavy atom. The fourth-order valence-corrected chi connectivity index (χ4v) is 1.43. The number of aromatic amines is 1. The number of nitrogen functional groups attached to an aromatic ring is 1. The molecule has 0 aliphatic carbocycles. The van der Waals surface area contributed by atoms with Crippen molar-refractivity contribution in [3.8, 4) is 11.3 Å². The molecule has 1 aromatic heterocycles. The summed E-state index contributed by atoms with van der Waals surface area (Å²) in [6.45, 7) is 1.75. The van der Waals surface area contributed by atoms with Crippen LogP contribution in [0.15, 0.2) is 35.1 Å². The van der Waals surface area contributed by atoms with Crippen LogP contribution in [0.25, 0.3) is 11.3 Å². The van der Waals surface area contributed by atoms with E-state index >= 15 is 0 Å². The standard InChI is InChI=1S/C11H11N3O/c1-7-13-10(6-11(15)14-7)8-3-2-4-9(12)5-8/h2-6H,12H2,1H3,(H,13,14,15). The second kappa shape index (κ2) is 3.57. The lowest BCUT2D eigenvalue weighted by Crippen LogP contribution is -2.08. The summed E-state index contributed by atoms with van der Waals surface area (Å²) in [7, 11) is 0. The Bertz CT molecular complexity index is 546. The molecule has 0 spiro atoms. The van der Waals surface area contributed by atoms with Crippen LogP contribution in [0.3, 0.4) is 0 Å². The van der Waals surface area contributed by atoms with Crippen LogP contribution in [0.4, 0.5) is 5.69 Å². The molecule has 3 N–H and O–H groups in total. The molecule has 0 amide bonds. The zero-order valence-corrected chi connectivity index (χ0v) is 8.32. The number of H-pyrrole nitrogens is 1. The van der Waals surface area contributed by atoms with Crippen molar-refractivity contribution in [1.82, 2.24) is 9.97 Å². The van der Waals surface area contributed by atoms with Crippen molar-refractivity contribution < 1.29 is 0 Å². The number of nitrogens with two attached hydrogens (primary N) is 1. The van der Waals surface area contributed by atoms with E-state index in [0.29, 0.717) is 17.2 Å². The lowest BCUT2D eigenvalue weighted by atomic mass is 10.1. The molecule has 1 heterocycles. The summed E-state index contributed by atoms with van der Waals surface area (Å²) in [6.07, 6.45) is 0. The number of nitrogens with zero attached hydrogens (tertiary/aromatic N) is 1. The monoisotopic (exact) mass is 201 g/mol. The summed E-state index contributed by atoms with van der Waals surface area (Å²) in [5.41, 5.74) is 7.66. The molecule has 0 fully saturated rings. The van der Waals surface area contributed by atoms with Gasteiger partial charge in [0.05, 0.1) is 5.69 Å². The minimum atomic E-state index is -0.153. The maximum absolute atomic E-state index is 11.2. The number of rotatable bonds is 1. The van der Waals surface area contributed by atoms with Gasteiger partial charge in [-0.05, 0) is 19.1 Å². The molecule has 1 aromatic carbocycles. The lowest BCUT2D eigenvalue weighted by molar-refractivity contribution is 1.02. The number of hydrogen-bond donors (Lipinski definition) is 2. The molecular weight excluding hydrogens is 190 g/mol. The quantitative estimate of drug-likeness (QED) is 0.683. The average Bonchev–Trinajstić information content (AvgIpc) is 2.16. The van der Waals surface area contributed by atoms with Gasteiger partial charge < -0.3 is 10.7 Å². The van der Waals surface area contributed by atoms with Crippen LogP contribution in [0.5, 0.6) is 0 Å². The number of benzene rings is 1. The van der Waals surface area contributed by atoms with Crippen molar-refractivity contribution in [3.05, 3.63) is 46.5 Å². The first-order valence-electron chi connectivity index (χ1n) is 4.59. The summed E-state index contributed by atoms with van der Waals surface area (Å²) in [6, 6.07) is 8.76. The minimum absolute atomic E-state index is 0.153. The molecule has 0 unspecified atom stereocenters. The smallest absolute Gasteiger partial charge is 0.251 e. The van der Waals surface area contributed by atoms with E-state index in [4.69, 9.17) is 5.73 Å². The molecule has 15 heavy (non-hydrogen) atoms. The van der Waals surface area contributed by atoms with Crippen molar-refractivity contribution in [2.75, 3.05) is 5.73 Å². The van der Waals surface area contributed by atoms with E-state index in [-0.39, 0.29) is 5.56 Å². The number of anilines is 1. The summed E-state index contributed by atoms with van der Waals surface area (Å²) >= 11 is 0. The molecular formula is C11H11N3O. The highest BCUT2D eigenvalue weighted by atomic mass is 16.1. The fraction of sp³-hybridized carbons (Fsp3) is 0.0909. The first-order chi connectivity index (χ1) is 7.15. The van der Waals surface area contributed by atoms with Crippen LogP contribution in [0.2, 0.25) is 0 Å². The van der Waals surface area contributed by atoms with Gasteiger partial charge in [-0.3, -0.25) is 4.79 Å². The molecule has 4 heteroatoms. The number of aryl methyl sites for hydroxylation is 1.